The second kappa shape index (κ2) is 10.1. The molecule has 29 heavy (non-hydrogen) atoms. The van der Waals surface area contributed by atoms with Crippen LogP contribution in [0.1, 0.15) is 24.0 Å². The summed E-state index contributed by atoms with van der Waals surface area (Å²) in [7, 11) is 0. The molecule has 0 unspecified atom stereocenters. The summed E-state index contributed by atoms with van der Waals surface area (Å²) in [5.74, 6) is 0.297. The van der Waals surface area contributed by atoms with E-state index in [9.17, 15) is 9.59 Å². The number of carboxylic acids is 1. The Balaban J connectivity index is 1.62. The third-order valence-corrected chi connectivity index (χ3v) is 5.12. The summed E-state index contributed by atoms with van der Waals surface area (Å²) in [6.07, 6.45) is 2.28. The molecule has 2 N–H and O–H groups in total. The number of nitrogens with one attached hydrogen (secondary N) is 1. The van der Waals surface area contributed by atoms with Crippen molar-refractivity contribution >= 4 is 46.3 Å². The second-order valence-corrected chi connectivity index (χ2v) is 7.89. The molecule has 1 aliphatic rings. The molecule has 3 rings (SSSR count). The summed E-state index contributed by atoms with van der Waals surface area (Å²) < 4.78 is 12.0. The van der Waals surface area contributed by atoms with E-state index in [1.54, 1.807) is 6.08 Å². The van der Waals surface area contributed by atoms with E-state index in [0.29, 0.717) is 40.4 Å². The number of rotatable bonds is 9. The van der Waals surface area contributed by atoms with Gasteiger partial charge in [0, 0.05) is 12.0 Å². The maximum absolute atomic E-state index is 11.8. The molecule has 6 nitrogen and oxygen atoms in total. The van der Waals surface area contributed by atoms with Crippen LogP contribution in [-0.2, 0) is 16.2 Å². The summed E-state index contributed by atoms with van der Waals surface area (Å²) in [4.78, 5) is 22.9. The molecule has 2 aromatic carbocycles. The third kappa shape index (κ3) is 6.33. The quantitative estimate of drug-likeness (QED) is 0.354. The number of hydrogen-bond donors (Lipinski definition) is 2. The SMILES string of the molecule is O=C(O)CCCOc1ccccc1COc1cccc(C=C2SC(=S)NC2=O)c1. The number of thioether (sulfide) groups is 1. The van der Waals surface area contributed by atoms with E-state index in [4.69, 9.17) is 26.8 Å². The van der Waals surface area contributed by atoms with E-state index in [2.05, 4.69) is 5.32 Å². The maximum atomic E-state index is 11.8. The van der Waals surface area contributed by atoms with Crippen LogP contribution in [0.25, 0.3) is 6.08 Å². The number of amides is 1. The van der Waals surface area contributed by atoms with Gasteiger partial charge in [0.2, 0.25) is 0 Å². The van der Waals surface area contributed by atoms with Crippen LogP contribution in [0.5, 0.6) is 11.5 Å². The first-order valence-electron chi connectivity index (χ1n) is 8.91. The van der Waals surface area contributed by atoms with Gasteiger partial charge in [0.1, 0.15) is 22.4 Å². The number of carbonyl (C=O) groups is 2. The van der Waals surface area contributed by atoms with Crippen molar-refractivity contribution in [2.45, 2.75) is 19.4 Å². The molecule has 0 radical (unpaired) electrons. The van der Waals surface area contributed by atoms with Crippen molar-refractivity contribution in [3.8, 4) is 11.5 Å². The zero-order chi connectivity index (χ0) is 20.6. The fourth-order valence-electron chi connectivity index (χ4n) is 2.60. The van der Waals surface area contributed by atoms with Crippen molar-refractivity contribution in [1.29, 1.82) is 0 Å². The predicted molar refractivity (Wildman–Crippen MR) is 116 cm³/mol. The number of thiocarbonyl (C=S) groups is 1. The van der Waals surface area contributed by atoms with Gasteiger partial charge >= 0.3 is 5.97 Å². The molecule has 0 aliphatic carbocycles. The van der Waals surface area contributed by atoms with E-state index in [1.165, 1.54) is 11.8 Å². The van der Waals surface area contributed by atoms with Gasteiger partial charge in [-0.3, -0.25) is 9.59 Å². The Morgan fingerprint density at radius 3 is 2.76 bits per heavy atom. The molecule has 150 valence electrons. The van der Waals surface area contributed by atoms with Crippen LogP contribution in [0.15, 0.2) is 53.4 Å². The molecule has 1 fully saturated rings. The average Bonchev–Trinajstić information content (AvgIpc) is 3.01. The summed E-state index contributed by atoms with van der Waals surface area (Å²) in [6.45, 7) is 0.627. The topological polar surface area (TPSA) is 84.9 Å². The highest BCUT2D eigenvalue weighted by atomic mass is 32.2. The van der Waals surface area contributed by atoms with Crippen molar-refractivity contribution in [2.75, 3.05) is 6.61 Å². The summed E-state index contributed by atoms with van der Waals surface area (Å²) in [5.41, 5.74) is 1.70. The summed E-state index contributed by atoms with van der Waals surface area (Å²) >= 11 is 6.23. The van der Waals surface area contributed by atoms with Gasteiger partial charge in [-0.15, -0.1) is 0 Å². The number of para-hydroxylation sites is 1. The highest BCUT2D eigenvalue weighted by Crippen LogP contribution is 2.27. The van der Waals surface area contributed by atoms with Crippen LogP contribution in [0.4, 0.5) is 0 Å². The molecule has 8 heteroatoms. The molecule has 1 aliphatic heterocycles. The van der Waals surface area contributed by atoms with Crippen LogP contribution in [0.2, 0.25) is 0 Å². The lowest BCUT2D eigenvalue weighted by Crippen LogP contribution is -2.17. The van der Waals surface area contributed by atoms with Crippen LogP contribution < -0.4 is 14.8 Å². The monoisotopic (exact) mass is 429 g/mol. The van der Waals surface area contributed by atoms with Gasteiger partial charge in [0.15, 0.2) is 0 Å². The summed E-state index contributed by atoms with van der Waals surface area (Å²) in [6, 6.07) is 14.9. The third-order valence-electron chi connectivity index (χ3n) is 3.96. The predicted octanol–water partition coefficient (Wildman–Crippen LogP) is 4.00. The van der Waals surface area contributed by atoms with Crippen molar-refractivity contribution in [1.82, 2.24) is 5.32 Å². The Hall–Kier alpha value is -2.84. The highest BCUT2D eigenvalue weighted by molar-refractivity contribution is 8.26. The number of benzene rings is 2. The molecule has 2 aromatic rings. The van der Waals surface area contributed by atoms with Gasteiger partial charge in [-0.1, -0.05) is 54.3 Å². The van der Waals surface area contributed by atoms with Gasteiger partial charge < -0.3 is 19.9 Å². The first-order valence-corrected chi connectivity index (χ1v) is 10.1. The molecule has 0 atom stereocenters. The van der Waals surface area contributed by atoms with Crippen molar-refractivity contribution in [2.24, 2.45) is 0 Å². The summed E-state index contributed by atoms with van der Waals surface area (Å²) in [5, 5.41) is 11.3. The Labute approximate surface area is 177 Å². The minimum Gasteiger partial charge on any atom is -0.493 e. The van der Waals surface area contributed by atoms with Gasteiger partial charge in [-0.05, 0) is 36.3 Å². The molecule has 0 saturated carbocycles. The van der Waals surface area contributed by atoms with Gasteiger partial charge in [-0.2, -0.15) is 0 Å². The molecular weight excluding hydrogens is 410 g/mol. The van der Waals surface area contributed by atoms with Crippen molar-refractivity contribution in [3.63, 3.8) is 0 Å². The van der Waals surface area contributed by atoms with Crippen molar-refractivity contribution < 1.29 is 24.2 Å². The zero-order valence-electron chi connectivity index (χ0n) is 15.4. The number of carbonyl (C=O) groups excluding carboxylic acids is 1. The number of carboxylic acid groups (broad SMARTS) is 1. The van der Waals surface area contributed by atoms with Gasteiger partial charge in [-0.25, -0.2) is 0 Å². The minimum atomic E-state index is -0.838. The molecule has 1 heterocycles. The average molecular weight is 430 g/mol. The van der Waals surface area contributed by atoms with E-state index in [1.807, 2.05) is 48.5 Å². The maximum Gasteiger partial charge on any atom is 0.303 e. The first kappa shape index (κ1) is 20.9. The first-order chi connectivity index (χ1) is 14.0. The minimum absolute atomic E-state index is 0.0714. The Kier molecular flexibility index (Phi) is 7.26. The van der Waals surface area contributed by atoms with Crippen LogP contribution in [0.3, 0.4) is 0 Å². The smallest absolute Gasteiger partial charge is 0.303 e. The van der Waals surface area contributed by atoms with Gasteiger partial charge in [0.05, 0.1) is 11.5 Å². The Morgan fingerprint density at radius 1 is 1.17 bits per heavy atom. The number of aliphatic carboxylic acids is 1. The van der Waals surface area contributed by atoms with Crippen LogP contribution in [0, 0.1) is 0 Å². The number of hydrogen-bond acceptors (Lipinski definition) is 6. The van der Waals surface area contributed by atoms with Gasteiger partial charge in [0.25, 0.3) is 5.91 Å². The van der Waals surface area contributed by atoms with Crippen molar-refractivity contribution in [3.05, 3.63) is 64.6 Å². The lowest BCUT2D eigenvalue weighted by Gasteiger charge is -2.12. The van der Waals surface area contributed by atoms with E-state index >= 15 is 0 Å². The molecule has 1 saturated heterocycles. The standard InChI is InChI=1S/C21H19NO5S2/c23-19(24)9-4-10-26-17-8-2-1-6-15(17)13-27-16-7-3-5-14(11-16)12-18-20(25)22-21(28)29-18/h1-3,5-8,11-12H,4,9-10,13H2,(H,23,24)(H,22,25,28). The highest BCUT2D eigenvalue weighted by Gasteiger charge is 2.21. The van der Waals surface area contributed by atoms with E-state index < -0.39 is 5.97 Å². The van der Waals surface area contributed by atoms with Crippen LogP contribution in [-0.4, -0.2) is 27.9 Å². The fraction of sp³-hybridized carbons (Fsp3) is 0.190. The molecule has 0 spiro atoms. The molecule has 0 bridgehead atoms. The molecular formula is C21H19NO5S2. The fourth-order valence-corrected chi connectivity index (χ4v) is 3.64. The lowest BCUT2D eigenvalue weighted by molar-refractivity contribution is -0.137. The normalized spacial score (nSPS) is 14.7. The molecule has 1 amide bonds. The van der Waals surface area contributed by atoms with E-state index in [0.717, 1.165) is 11.1 Å². The Morgan fingerprint density at radius 2 is 2.00 bits per heavy atom. The molecule has 0 aromatic heterocycles. The van der Waals surface area contributed by atoms with E-state index in [-0.39, 0.29) is 12.3 Å². The second-order valence-electron chi connectivity index (χ2n) is 6.17. The Bertz CT molecular complexity index is 958. The number of ether oxygens (including phenoxy) is 2. The van der Waals surface area contributed by atoms with Crippen LogP contribution >= 0.6 is 24.0 Å². The zero-order valence-corrected chi connectivity index (χ0v) is 17.1. The lowest BCUT2D eigenvalue weighted by atomic mass is 10.2. The largest absolute Gasteiger partial charge is 0.493 e.